The fourth-order valence-electron chi connectivity index (χ4n) is 2.59. The van der Waals surface area contributed by atoms with Gasteiger partial charge in [-0.1, -0.05) is 80.5 Å². The second kappa shape index (κ2) is 6.80. The molecule has 1 heterocycles. The molecule has 0 atom stereocenters. The highest BCUT2D eigenvalue weighted by molar-refractivity contribution is 7.73. The topological polar surface area (TPSA) is 0 Å². The molecule has 0 amide bonds. The maximum atomic E-state index is 2.40. The van der Waals surface area contributed by atoms with Gasteiger partial charge in [0, 0.05) is 23.8 Å². The van der Waals surface area contributed by atoms with E-state index in [1.54, 1.807) is 15.1 Å². The minimum absolute atomic E-state index is 0.228. The molecule has 0 radical (unpaired) electrons. The number of rotatable bonds is 1. The molecule has 0 bridgehead atoms. The molecule has 0 saturated carbocycles. The quantitative estimate of drug-likeness (QED) is 0.465. The average molecular weight is 377 g/mol. The van der Waals surface area contributed by atoms with Crippen molar-refractivity contribution in [2.45, 2.75) is 78.6 Å². The lowest BCUT2D eigenvalue weighted by Crippen LogP contribution is -2.15. The third-order valence-electron chi connectivity index (χ3n) is 3.87. The molecule has 0 saturated heterocycles. The zero-order valence-electron chi connectivity index (χ0n) is 16.7. The van der Waals surface area contributed by atoms with Crippen molar-refractivity contribution in [2.24, 2.45) is 0 Å². The van der Waals surface area contributed by atoms with Crippen molar-refractivity contribution < 1.29 is 0 Å². The Morgan fingerprint density at radius 1 is 0.625 bits per heavy atom. The third kappa shape index (κ3) is 4.47. The summed E-state index contributed by atoms with van der Waals surface area (Å²) in [6.07, 6.45) is 0. The highest BCUT2D eigenvalue weighted by atomic mass is 31.1. The van der Waals surface area contributed by atoms with E-state index in [1.807, 2.05) is 0 Å². The van der Waals surface area contributed by atoms with Crippen LogP contribution in [0.1, 0.15) is 77.4 Å². The van der Waals surface area contributed by atoms with Crippen LogP contribution in [0, 0.1) is 0 Å². The average Bonchev–Trinajstić information content (AvgIpc) is 2.44. The Bertz CT molecular complexity index is 676. The molecule has 130 valence electrons. The van der Waals surface area contributed by atoms with Crippen LogP contribution in [0.4, 0.5) is 0 Å². The molecule has 0 unspecified atom stereocenters. The van der Waals surface area contributed by atoms with E-state index < -0.39 is 0 Å². The van der Waals surface area contributed by atoms with E-state index >= 15 is 0 Å². The van der Waals surface area contributed by atoms with E-state index in [-0.39, 0.29) is 23.8 Å². The maximum absolute atomic E-state index is 2.40. The highest BCUT2D eigenvalue weighted by Crippen LogP contribution is 2.62. The maximum Gasteiger partial charge on any atom is 0.140 e. The predicted molar refractivity (Wildman–Crippen MR) is 116 cm³/mol. The van der Waals surface area contributed by atoms with Crippen LogP contribution in [0.15, 0.2) is 30.3 Å². The Labute approximate surface area is 153 Å². The van der Waals surface area contributed by atoms with Crippen molar-refractivity contribution in [2.75, 3.05) is 0 Å². The first-order valence-corrected chi connectivity index (χ1v) is 11.9. The van der Waals surface area contributed by atoms with Crippen molar-refractivity contribution in [3.8, 4) is 5.30 Å². The first-order chi connectivity index (χ1) is 10.8. The van der Waals surface area contributed by atoms with Crippen LogP contribution in [0.25, 0.3) is 5.30 Å². The molecular weight excluding hydrogens is 345 g/mol. The van der Waals surface area contributed by atoms with Crippen LogP contribution in [0.5, 0.6) is 0 Å². The van der Waals surface area contributed by atoms with Crippen molar-refractivity contribution in [1.29, 1.82) is 0 Å². The number of hydrogen-bond acceptors (Lipinski definition) is 0. The van der Waals surface area contributed by atoms with E-state index in [1.165, 1.54) is 21.7 Å². The second-order valence-electron chi connectivity index (χ2n) is 9.62. The van der Waals surface area contributed by atoms with Gasteiger partial charge >= 0.3 is 0 Å². The monoisotopic (exact) mass is 377 g/mol. The zero-order chi connectivity index (χ0) is 18.3. The van der Waals surface area contributed by atoms with Gasteiger partial charge < -0.3 is 0 Å². The number of benzene rings is 1. The van der Waals surface area contributed by atoms with Crippen LogP contribution < -0.4 is 0 Å². The minimum atomic E-state index is -0.356. The van der Waals surface area contributed by atoms with Gasteiger partial charge in [-0.05, 0) is 12.1 Å². The lowest BCUT2D eigenvalue weighted by molar-refractivity contribution is 0.600. The fourth-order valence-corrected chi connectivity index (χ4v) is 11.0. The van der Waals surface area contributed by atoms with Crippen molar-refractivity contribution >= 4 is 23.9 Å². The summed E-state index contributed by atoms with van der Waals surface area (Å²) in [6.45, 7) is 21.5. The molecule has 0 aliphatic heterocycles. The second-order valence-corrected chi connectivity index (χ2v) is 15.0. The molecule has 1 aromatic heterocycles. The Kier molecular flexibility index (Phi) is 5.68. The van der Waals surface area contributed by atoms with E-state index in [0.717, 1.165) is 0 Å². The Hall–Kier alpha value is -0.270. The summed E-state index contributed by atoms with van der Waals surface area (Å²) >= 11 is 0. The van der Waals surface area contributed by atoms with Crippen LogP contribution in [-0.2, 0) is 16.2 Å². The predicted octanol–water partition coefficient (Wildman–Crippen LogP) is 9.00. The molecule has 2 rings (SSSR count). The molecule has 0 spiro atoms. The van der Waals surface area contributed by atoms with Crippen molar-refractivity contribution in [3.05, 3.63) is 45.4 Å². The first kappa shape index (κ1) is 20.0. The van der Waals surface area contributed by atoms with E-state index in [0.29, 0.717) is 0 Å². The van der Waals surface area contributed by atoms with Crippen LogP contribution in [-0.4, -0.2) is 0 Å². The van der Waals surface area contributed by atoms with Crippen molar-refractivity contribution in [1.82, 2.24) is 0 Å². The van der Waals surface area contributed by atoms with Gasteiger partial charge in [0.2, 0.25) is 0 Å². The highest BCUT2D eigenvalue weighted by Gasteiger charge is 2.37. The Balaban J connectivity index is 2.94. The standard InChI is InChI=1S/C21H32P3/c1-19(2,3)16-22-17(20(4,5)6)24(15-13-11-10-12-14-15)18(23-16)21(7,8)9/h10-14H,1-9H3/q+1. The SMILES string of the molecule is CC(C)(C)c1pc(C(C)(C)C)[p+](-c2ccccc2)c(C(C)(C)C)p1. The summed E-state index contributed by atoms with van der Waals surface area (Å²) in [4.78, 5) is 0. The van der Waals surface area contributed by atoms with E-state index in [2.05, 4.69) is 92.6 Å². The minimum Gasteiger partial charge on any atom is -0.0621 e. The van der Waals surface area contributed by atoms with Gasteiger partial charge in [0.15, 0.2) is 0 Å². The molecule has 0 fully saturated rings. The summed E-state index contributed by atoms with van der Waals surface area (Å²) < 4.78 is 0. The molecule has 0 N–H and O–H groups in total. The first-order valence-electron chi connectivity index (χ1n) is 8.73. The molecule has 1 aromatic carbocycles. The van der Waals surface area contributed by atoms with E-state index in [4.69, 9.17) is 0 Å². The smallest absolute Gasteiger partial charge is 0.0621 e. The molecule has 0 aliphatic carbocycles. The van der Waals surface area contributed by atoms with Crippen LogP contribution in [0.3, 0.4) is 0 Å². The van der Waals surface area contributed by atoms with Gasteiger partial charge in [0.1, 0.15) is 31.5 Å². The summed E-state index contributed by atoms with van der Waals surface area (Å²) in [5.41, 5.74) is 0.715. The van der Waals surface area contributed by atoms with Gasteiger partial charge in [-0.2, -0.15) is 0 Å². The van der Waals surface area contributed by atoms with Crippen molar-refractivity contribution in [3.63, 3.8) is 0 Å². The van der Waals surface area contributed by atoms with Gasteiger partial charge in [0.25, 0.3) is 0 Å². The summed E-state index contributed by atoms with van der Waals surface area (Å²) in [7, 11) is 2.63. The van der Waals surface area contributed by atoms with E-state index in [9.17, 15) is 0 Å². The zero-order valence-corrected chi connectivity index (χ0v) is 19.4. The molecule has 0 aliphatic rings. The lowest BCUT2D eigenvalue weighted by atomic mass is 10.00. The number of hydrogen-bond donors (Lipinski definition) is 0. The fraction of sp³-hybridized carbons (Fsp3) is 0.571. The molecule has 3 heteroatoms. The van der Waals surface area contributed by atoms with Crippen LogP contribution >= 0.6 is 23.9 Å². The summed E-state index contributed by atoms with van der Waals surface area (Å²) in [6, 6.07) is 11.2. The van der Waals surface area contributed by atoms with Gasteiger partial charge in [-0.25, -0.2) is 0 Å². The van der Waals surface area contributed by atoms with Crippen LogP contribution in [0.2, 0.25) is 0 Å². The van der Waals surface area contributed by atoms with Gasteiger partial charge in [0.05, 0.1) is 5.30 Å². The van der Waals surface area contributed by atoms with Gasteiger partial charge in [-0.15, -0.1) is 0 Å². The normalized spacial score (nSPS) is 14.6. The Morgan fingerprint density at radius 2 is 1.04 bits per heavy atom. The molecule has 24 heavy (non-hydrogen) atoms. The summed E-state index contributed by atoms with van der Waals surface area (Å²) in [5.74, 6) is 0. The lowest BCUT2D eigenvalue weighted by Gasteiger charge is -2.26. The summed E-state index contributed by atoms with van der Waals surface area (Å²) in [5, 5.41) is 6.62. The molecule has 2 aromatic rings. The Morgan fingerprint density at radius 3 is 1.38 bits per heavy atom. The largest absolute Gasteiger partial charge is 0.140 e. The molecule has 0 nitrogen and oxygen atoms in total. The van der Waals surface area contributed by atoms with Gasteiger partial charge in [-0.3, -0.25) is 0 Å². The molecular formula is C21H32P3+. The third-order valence-corrected chi connectivity index (χ3v) is 12.8.